The van der Waals surface area contributed by atoms with E-state index in [1.165, 1.54) is 0 Å². The third-order valence-corrected chi connectivity index (χ3v) is 19.4. The van der Waals surface area contributed by atoms with Crippen molar-refractivity contribution in [1.82, 2.24) is 9.97 Å². The standard InChI is InChI=1S/C27H41NO4.C25H37NO3/c1-18-7-11-27-12-8-21(31-6)23(27)26(18,4)22(32-17-30-5)16-25(3,24(29)19(27)2)15-20-9-13-28-14-10-20;1-16-6-10-25-11-7-19(29-5)21(25)24(16,4)20(27)15-23(3,22(28)17(25)2)14-18-8-12-26-13-9-18/h9-10,13-14,18-19,21-23H,7-8,11-12,15-17H2,1-6H3;8-9,12-13,16-17,19-21,27H,6-7,10-11,14-15H2,1-5H3/t18-,19+,21-,22-,23?,25-,26+,27?;16-,17+,19-,20-,21?,23-,24+,25?/m11/s1. The third-order valence-electron chi connectivity index (χ3n) is 19.4. The van der Waals surface area contributed by atoms with E-state index >= 15 is 0 Å². The van der Waals surface area contributed by atoms with Gasteiger partial charge in [-0.1, -0.05) is 55.4 Å². The van der Waals surface area contributed by atoms with Crippen molar-refractivity contribution in [2.75, 3.05) is 28.1 Å². The van der Waals surface area contributed by atoms with Crippen LogP contribution in [0.25, 0.3) is 0 Å². The Morgan fingerprint density at radius 3 is 1.48 bits per heavy atom. The van der Waals surface area contributed by atoms with Gasteiger partial charge in [-0.2, -0.15) is 0 Å². The molecule has 6 aliphatic carbocycles. The van der Waals surface area contributed by atoms with Gasteiger partial charge >= 0.3 is 0 Å². The zero-order valence-corrected chi connectivity index (χ0v) is 39.4. The van der Waals surface area contributed by atoms with Crippen LogP contribution < -0.4 is 0 Å². The van der Waals surface area contributed by atoms with E-state index in [0.717, 1.165) is 62.5 Å². The van der Waals surface area contributed by atoms with Gasteiger partial charge in [-0.15, -0.1) is 0 Å². The molecule has 338 valence electrons. The summed E-state index contributed by atoms with van der Waals surface area (Å²) < 4.78 is 24.0. The molecule has 0 spiro atoms. The summed E-state index contributed by atoms with van der Waals surface area (Å²) in [7, 11) is 5.33. The number of ether oxygens (including phenoxy) is 4. The number of aromatic nitrogens is 2. The van der Waals surface area contributed by atoms with E-state index in [2.05, 4.69) is 65.4 Å². The molecular weight excluding hydrogens is 765 g/mol. The minimum atomic E-state index is -0.568. The molecule has 4 unspecified atom stereocenters. The van der Waals surface area contributed by atoms with E-state index in [-0.39, 0.29) is 64.5 Å². The molecule has 2 aromatic heterocycles. The number of hydrogen-bond donors (Lipinski definition) is 1. The van der Waals surface area contributed by atoms with E-state index in [1.807, 2.05) is 43.8 Å². The van der Waals surface area contributed by atoms with Gasteiger partial charge in [0.15, 0.2) is 0 Å². The summed E-state index contributed by atoms with van der Waals surface area (Å²) in [5.74, 6) is 2.16. The Labute approximate surface area is 367 Å². The highest BCUT2D eigenvalue weighted by Gasteiger charge is 2.69. The first-order valence-corrected chi connectivity index (χ1v) is 23.6. The largest absolute Gasteiger partial charge is 0.393 e. The zero-order chi connectivity index (χ0) is 44.2. The first kappa shape index (κ1) is 46.4. The number of hydrogen-bond acceptors (Lipinski definition) is 9. The van der Waals surface area contributed by atoms with E-state index < -0.39 is 16.9 Å². The van der Waals surface area contributed by atoms with Crippen molar-refractivity contribution in [3.8, 4) is 0 Å². The number of carbonyl (C=O) groups excluding carboxylic acids is 2. The second-order valence-corrected chi connectivity index (χ2v) is 22.0. The summed E-state index contributed by atoms with van der Waals surface area (Å²) in [4.78, 5) is 36.6. The van der Waals surface area contributed by atoms with Crippen molar-refractivity contribution >= 4 is 11.6 Å². The molecule has 6 aliphatic rings. The molecule has 61 heavy (non-hydrogen) atoms. The Kier molecular flexibility index (Phi) is 13.3. The number of nitrogens with zero attached hydrogens (tertiary/aromatic N) is 2. The second-order valence-electron chi connectivity index (χ2n) is 22.0. The SMILES string of the molecule is COCO[C@@H]1C[C@@](C)(Cc2ccncc2)C(=O)[C@H](C)C23CC[C@@H](C)[C@]1(C)C2[C@H](OC)CC3.CO[C@@H]1CCC23CC[C@@H](C)[C@](C)(C12)[C@H](O)C[C@@](C)(Cc1ccncc1)C(=O)[C@@H]3C. The van der Waals surface area contributed by atoms with Crippen LogP contribution in [0.5, 0.6) is 0 Å². The zero-order valence-electron chi connectivity index (χ0n) is 39.4. The average molecular weight is 843 g/mol. The maximum Gasteiger partial charge on any atom is 0.146 e. The van der Waals surface area contributed by atoms with Crippen molar-refractivity contribution in [2.45, 2.75) is 157 Å². The van der Waals surface area contributed by atoms with E-state index in [9.17, 15) is 14.7 Å². The highest BCUT2D eigenvalue weighted by molar-refractivity contribution is 5.88. The van der Waals surface area contributed by atoms with Gasteiger partial charge in [0.05, 0.1) is 24.4 Å². The van der Waals surface area contributed by atoms with Gasteiger partial charge in [0.25, 0.3) is 0 Å². The minimum absolute atomic E-state index is 0.00897. The van der Waals surface area contributed by atoms with Crippen molar-refractivity contribution in [1.29, 1.82) is 0 Å². The lowest BCUT2D eigenvalue weighted by Gasteiger charge is -2.62. The molecule has 8 rings (SSSR count). The Morgan fingerprint density at radius 2 is 1.03 bits per heavy atom. The van der Waals surface area contributed by atoms with Gasteiger partial charge in [-0.05, 0) is 147 Å². The average Bonchev–Trinajstić information content (AvgIpc) is 3.85. The van der Waals surface area contributed by atoms with Gasteiger partial charge in [-0.3, -0.25) is 19.6 Å². The highest BCUT2D eigenvalue weighted by Crippen LogP contribution is 2.70. The molecule has 2 heterocycles. The molecule has 0 aromatic carbocycles. The molecule has 9 nitrogen and oxygen atoms in total. The van der Waals surface area contributed by atoms with Crippen LogP contribution in [0.3, 0.4) is 0 Å². The van der Waals surface area contributed by atoms with Crippen LogP contribution in [0.2, 0.25) is 0 Å². The predicted octanol–water partition coefficient (Wildman–Crippen LogP) is 9.52. The number of ketones is 2. The molecule has 0 amide bonds. The quantitative estimate of drug-likeness (QED) is 0.247. The Hall–Kier alpha value is -2.56. The number of aliphatic hydroxyl groups is 1. The normalized spacial score (nSPS) is 45.6. The van der Waals surface area contributed by atoms with Crippen molar-refractivity contribution in [2.24, 2.45) is 68.0 Å². The van der Waals surface area contributed by atoms with E-state index in [1.54, 1.807) is 26.6 Å². The van der Waals surface area contributed by atoms with E-state index in [0.29, 0.717) is 55.0 Å². The van der Waals surface area contributed by atoms with Gasteiger partial charge in [-0.25, -0.2) is 0 Å². The smallest absolute Gasteiger partial charge is 0.146 e. The number of pyridine rings is 2. The minimum Gasteiger partial charge on any atom is -0.393 e. The number of aliphatic hydroxyl groups excluding tert-OH is 1. The van der Waals surface area contributed by atoms with Gasteiger partial charge < -0.3 is 24.1 Å². The van der Waals surface area contributed by atoms with Crippen LogP contribution in [-0.4, -0.2) is 79.2 Å². The van der Waals surface area contributed by atoms with Crippen LogP contribution >= 0.6 is 0 Å². The third kappa shape index (κ3) is 7.50. The Morgan fingerprint density at radius 1 is 0.623 bits per heavy atom. The monoisotopic (exact) mass is 843 g/mol. The molecule has 0 saturated heterocycles. The van der Waals surface area contributed by atoms with Gasteiger partial charge in [0, 0.05) is 79.6 Å². The summed E-state index contributed by atoms with van der Waals surface area (Å²) in [6, 6.07) is 8.07. The van der Waals surface area contributed by atoms with Gasteiger partial charge in [0.2, 0.25) is 0 Å². The summed E-state index contributed by atoms with van der Waals surface area (Å²) in [5, 5.41) is 11.7. The molecule has 0 radical (unpaired) electrons. The first-order chi connectivity index (χ1) is 28.9. The fourth-order valence-corrected chi connectivity index (χ4v) is 15.6. The Balaban J connectivity index is 0.000000185. The lowest BCUT2D eigenvalue weighted by molar-refractivity contribution is -0.219. The summed E-state index contributed by atoms with van der Waals surface area (Å²) in [6.45, 7) is 18.3. The summed E-state index contributed by atoms with van der Waals surface area (Å²) in [5.41, 5.74) is 0.824. The molecule has 4 bridgehead atoms. The molecular formula is C52H78N2O7. The van der Waals surface area contributed by atoms with E-state index in [4.69, 9.17) is 18.9 Å². The highest BCUT2D eigenvalue weighted by atomic mass is 16.7. The predicted molar refractivity (Wildman–Crippen MR) is 237 cm³/mol. The molecule has 6 saturated carbocycles. The number of rotatable bonds is 9. The lowest BCUT2D eigenvalue weighted by atomic mass is 9.43. The van der Waals surface area contributed by atoms with Crippen LogP contribution in [0.15, 0.2) is 49.1 Å². The number of carbonyl (C=O) groups is 2. The van der Waals surface area contributed by atoms with Crippen molar-refractivity contribution < 1.29 is 33.6 Å². The van der Waals surface area contributed by atoms with Crippen molar-refractivity contribution in [3.63, 3.8) is 0 Å². The summed E-state index contributed by atoms with van der Waals surface area (Å²) >= 11 is 0. The fourth-order valence-electron chi connectivity index (χ4n) is 15.6. The molecule has 2 aromatic rings. The van der Waals surface area contributed by atoms with Crippen LogP contribution in [0.4, 0.5) is 0 Å². The Bertz CT molecular complexity index is 1850. The van der Waals surface area contributed by atoms with Crippen molar-refractivity contribution in [3.05, 3.63) is 60.2 Å². The molecule has 6 fully saturated rings. The molecule has 16 atom stereocenters. The lowest BCUT2D eigenvalue weighted by Crippen LogP contribution is -2.63. The molecule has 1 N–H and O–H groups in total. The number of Topliss-reactive ketones (excluding diaryl/α,β-unsaturated/α-hetero) is 2. The first-order valence-electron chi connectivity index (χ1n) is 23.6. The number of methoxy groups -OCH3 is 3. The maximum atomic E-state index is 14.3. The fraction of sp³-hybridized carbons (Fsp3) is 0.769. The molecule has 9 heteroatoms. The topological polar surface area (TPSA) is 117 Å². The van der Waals surface area contributed by atoms with Crippen LogP contribution in [0.1, 0.15) is 131 Å². The summed E-state index contributed by atoms with van der Waals surface area (Å²) in [6.07, 6.45) is 18.0. The van der Waals surface area contributed by atoms with Crippen LogP contribution in [0, 0.1) is 68.0 Å². The van der Waals surface area contributed by atoms with Gasteiger partial charge in [0.1, 0.15) is 18.4 Å². The second kappa shape index (κ2) is 17.4. The molecule has 0 aliphatic heterocycles. The maximum absolute atomic E-state index is 14.3. The van der Waals surface area contributed by atoms with Crippen LogP contribution in [-0.2, 0) is 41.4 Å².